The molecule has 0 spiro atoms. The third-order valence-electron chi connectivity index (χ3n) is 0.502. The van der Waals surface area contributed by atoms with E-state index < -0.39 is 6.09 Å². The van der Waals surface area contributed by atoms with E-state index in [1.807, 2.05) is 0 Å². The van der Waals surface area contributed by atoms with Gasteiger partial charge in [-0.05, 0) is 6.92 Å². The monoisotopic (exact) mass is 137 g/mol. The van der Waals surface area contributed by atoms with Gasteiger partial charge in [-0.2, -0.15) is 0 Å². The van der Waals surface area contributed by atoms with Gasteiger partial charge in [-0.15, -0.1) is 0 Å². The molecule has 8 heavy (non-hydrogen) atoms. The van der Waals surface area contributed by atoms with Crippen molar-refractivity contribution in [3.05, 3.63) is 0 Å². The smallest absolute Gasteiger partial charge is 0.408 e. The first-order valence-corrected chi connectivity index (χ1v) is 2.59. The summed E-state index contributed by atoms with van der Waals surface area (Å²) in [5.74, 6) is 0. The minimum Gasteiger partial charge on any atom is -0.453 e. The highest BCUT2D eigenvalue weighted by molar-refractivity contribution is 6.20. The third kappa shape index (κ3) is 3.74. The molecule has 0 aliphatic heterocycles. The molecule has 0 aromatic heterocycles. The SMILES string of the molecule is COC(=O)NC(C)Cl. The Labute approximate surface area is 53.0 Å². The quantitative estimate of drug-likeness (QED) is 0.431. The highest BCUT2D eigenvalue weighted by atomic mass is 35.5. The van der Waals surface area contributed by atoms with E-state index in [1.165, 1.54) is 7.11 Å². The standard InChI is InChI=1S/C4H8ClNO2/c1-3(5)6-4(7)8-2/h3H,1-2H3,(H,6,7). The van der Waals surface area contributed by atoms with Crippen LogP contribution in [0.3, 0.4) is 0 Å². The number of alkyl halides is 1. The molecule has 0 aliphatic carbocycles. The topological polar surface area (TPSA) is 38.3 Å². The predicted molar refractivity (Wildman–Crippen MR) is 30.9 cm³/mol. The Morgan fingerprint density at radius 1 is 1.88 bits per heavy atom. The second-order valence-corrected chi connectivity index (χ2v) is 1.91. The van der Waals surface area contributed by atoms with Crippen LogP contribution < -0.4 is 5.32 Å². The molecule has 1 atom stereocenters. The van der Waals surface area contributed by atoms with Crippen molar-refractivity contribution in [3.63, 3.8) is 0 Å². The molecule has 1 amide bonds. The minimum atomic E-state index is -0.507. The average Bonchev–Trinajstić information content (AvgIpc) is 1.65. The van der Waals surface area contributed by atoms with Gasteiger partial charge in [0.15, 0.2) is 0 Å². The van der Waals surface area contributed by atoms with Crippen molar-refractivity contribution in [2.75, 3.05) is 7.11 Å². The van der Waals surface area contributed by atoms with E-state index in [1.54, 1.807) is 6.92 Å². The molecule has 0 aliphatic rings. The second kappa shape index (κ2) is 3.55. The fourth-order valence-electron chi connectivity index (χ4n) is 0.221. The molecular weight excluding hydrogens is 130 g/mol. The van der Waals surface area contributed by atoms with Crippen molar-refractivity contribution in [1.82, 2.24) is 5.32 Å². The lowest BCUT2D eigenvalue weighted by Gasteiger charge is -2.02. The molecule has 3 nitrogen and oxygen atoms in total. The third-order valence-corrected chi connectivity index (χ3v) is 0.611. The zero-order valence-electron chi connectivity index (χ0n) is 4.77. The Kier molecular flexibility index (Phi) is 3.35. The van der Waals surface area contributed by atoms with Crippen molar-refractivity contribution < 1.29 is 9.53 Å². The number of alkyl carbamates (subject to hydrolysis) is 1. The van der Waals surface area contributed by atoms with E-state index in [0.29, 0.717) is 0 Å². The molecular formula is C4H8ClNO2. The maximum Gasteiger partial charge on any atom is 0.408 e. The molecule has 4 heteroatoms. The predicted octanol–water partition coefficient (Wildman–Crippen LogP) is 0.927. The number of hydrogen-bond donors (Lipinski definition) is 1. The summed E-state index contributed by atoms with van der Waals surface area (Å²) in [4.78, 5) is 10.2. The molecule has 0 saturated carbocycles. The number of nitrogens with one attached hydrogen (secondary N) is 1. The molecule has 0 fully saturated rings. The summed E-state index contributed by atoms with van der Waals surface area (Å²) in [5, 5.41) is 2.30. The number of carbonyl (C=O) groups excluding carboxylic acids is 1. The van der Waals surface area contributed by atoms with E-state index in [4.69, 9.17) is 11.6 Å². The van der Waals surface area contributed by atoms with Crippen LogP contribution in [0.1, 0.15) is 6.92 Å². The summed E-state index contributed by atoms with van der Waals surface area (Å²) in [6.45, 7) is 1.64. The van der Waals surface area contributed by atoms with Crippen molar-refractivity contribution in [2.24, 2.45) is 0 Å². The van der Waals surface area contributed by atoms with E-state index in [-0.39, 0.29) is 5.50 Å². The number of methoxy groups -OCH3 is 1. The molecule has 48 valence electrons. The summed E-state index contributed by atoms with van der Waals surface area (Å²) >= 11 is 5.34. The van der Waals surface area contributed by atoms with Gasteiger partial charge in [0.2, 0.25) is 0 Å². The molecule has 0 saturated heterocycles. The van der Waals surface area contributed by atoms with E-state index in [0.717, 1.165) is 0 Å². The summed E-state index contributed by atoms with van der Waals surface area (Å²) in [5.41, 5.74) is -0.373. The van der Waals surface area contributed by atoms with Crippen LogP contribution in [0.15, 0.2) is 0 Å². The maximum absolute atomic E-state index is 10.2. The van der Waals surface area contributed by atoms with Crippen LogP contribution in [0.4, 0.5) is 4.79 Å². The fourth-order valence-corrected chi connectivity index (χ4v) is 0.310. The summed E-state index contributed by atoms with van der Waals surface area (Å²) in [6.07, 6.45) is -0.507. The van der Waals surface area contributed by atoms with Crippen molar-refractivity contribution in [1.29, 1.82) is 0 Å². The summed E-state index contributed by atoms with van der Waals surface area (Å²) in [6, 6.07) is 0. The first-order chi connectivity index (χ1) is 3.66. The molecule has 1 unspecified atom stereocenters. The Hall–Kier alpha value is -0.440. The lowest BCUT2D eigenvalue weighted by Crippen LogP contribution is -2.27. The first-order valence-electron chi connectivity index (χ1n) is 2.15. The normalized spacial score (nSPS) is 12.4. The van der Waals surface area contributed by atoms with Crippen LogP contribution in [0.25, 0.3) is 0 Å². The summed E-state index contributed by atoms with van der Waals surface area (Å²) in [7, 11) is 1.29. The number of carbonyl (C=O) groups is 1. The lowest BCUT2D eigenvalue weighted by atomic mass is 10.7. The molecule has 0 heterocycles. The molecule has 0 aromatic rings. The highest BCUT2D eigenvalue weighted by Crippen LogP contribution is 1.86. The Morgan fingerprint density at radius 2 is 2.38 bits per heavy atom. The average molecular weight is 138 g/mol. The van der Waals surface area contributed by atoms with Crippen LogP contribution in [0.2, 0.25) is 0 Å². The Bertz CT molecular complexity index is 84.1. The summed E-state index contributed by atoms with van der Waals surface area (Å²) < 4.78 is 4.23. The van der Waals surface area contributed by atoms with Crippen LogP contribution >= 0.6 is 11.6 Å². The first kappa shape index (κ1) is 7.56. The number of rotatable bonds is 1. The van der Waals surface area contributed by atoms with Crippen LogP contribution in [0, 0.1) is 0 Å². The van der Waals surface area contributed by atoms with Gasteiger partial charge in [-0.3, -0.25) is 0 Å². The van der Waals surface area contributed by atoms with Gasteiger partial charge in [0.05, 0.1) is 7.11 Å². The van der Waals surface area contributed by atoms with Gasteiger partial charge in [-0.1, -0.05) is 11.6 Å². The van der Waals surface area contributed by atoms with Crippen LogP contribution in [-0.2, 0) is 4.74 Å². The Balaban J connectivity index is 3.25. The van der Waals surface area contributed by atoms with Gasteiger partial charge < -0.3 is 10.1 Å². The number of hydrogen-bond acceptors (Lipinski definition) is 2. The zero-order chi connectivity index (χ0) is 6.57. The van der Waals surface area contributed by atoms with Gasteiger partial charge >= 0.3 is 6.09 Å². The number of ether oxygens (including phenoxy) is 1. The van der Waals surface area contributed by atoms with Crippen molar-refractivity contribution in [2.45, 2.75) is 12.4 Å². The van der Waals surface area contributed by atoms with Gasteiger partial charge in [0.1, 0.15) is 5.50 Å². The van der Waals surface area contributed by atoms with Crippen LogP contribution in [-0.4, -0.2) is 18.7 Å². The molecule has 0 rings (SSSR count). The van der Waals surface area contributed by atoms with Crippen molar-refractivity contribution >= 4 is 17.7 Å². The lowest BCUT2D eigenvalue weighted by molar-refractivity contribution is 0.170. The maximum atomic E-state index is 10.2. The van der Waals surface area contributed by atoms with Gasteiger partial charge in [0, 0.05) is 0 Å². The molecule has 0 aromatic carbocycles. The molecule has 1 N–H and O–H groups in total. The van der Waals surface area contributed by atoms with Crippen LogP contribution in [0.5, 0.6) is 0 Å². The van der Waals surface area contributed by atoms with E-state index >= 15 is 0 Å². The molecule has 0 bridgehead atoms. The number of amides is 1. The van der Waals surface area contributed by atoms with E-state index in [9.17, 15) is 4.79 Å². The molecule has 0 radical (unpaired) electrons. The number of halogens is 1. The van der Waals surface area contributed by atoms with E-state index in [2.05, 4.69) is 10.1 Å². The second-order valence-electron chi connectivity index (χ2n) is 1.25. The fraction of sp³-hybridized carbons (Fsp3) is 0.750. The zero-order valence-corrected chi connectivity index (χ0v) is 5.53. The van der Waals surface area contributed by atoms with Gasteiger partial charge in [-0.25, -0.2) is 4.79 Å². The van der Waals surface area contributed by atoms with Gasteiger partial charge in [0.25, 0.3) is 0 Å². The highest BCUT2D eigenvalue weighted by Gasteiger charge is 1.99. The minimum absolute atomic E-state index is 0.373. The van der Waals surface area contributed by atoms with Crippen molar-refractivity contribution in [3.8, 4) is 0 Å². The largest absolute Gasteiger partial charge is 0.453 e. The Morgan fingerprint density at radius 3 is 2.50 bits per heavy atom.